The van der Waals surface area contributed by atoms with E-state index in [1.54, 1.807) is 45.2 Å². The highest BCUT2D eigenvalue weighted by Crippen LogP contribution is 2.37. The number of hydrogen-bond acceptors (Lipinski definition) is 5. The third-order valence-corrected chi connectivity index (χ3v) is 5.83. The number of anilines is 2. The van der Waals surface area contributed by atoms with Crippen LogP contribution in [0.2, 0.25) is 0 Å². The lowest BCUT2D eigenvalue weighted by atomic mass is 9.98. The summed E-state index contributed by atoms with van der Waals surface area (Å²) in [5, 5.41) is 10.5. The van der Waals surface area contributed by atoms with Crippen molar-refractivity contribution in [2.24, 2.45) is 4.99 Å². The van der Waals surface area contributed by atoms with E-state index in [9.17, 15) is 24.0 Å². The third kappa shape index (κ3) is 3.00. The van der Waals surface area contributed by atoms with Crippen LogP contribution in [0.1, 0.15) is 38.8 Å². The fraction of sp³-hybridized carbons (Fsp3) is 0.304. The van der Waals surface area contributed by atoms with Gasteiger partial charge < -0.3 is 4.90 Å². The van der Waals surface area contributed by atoms with Gasteiger partial charge in [0.05, 0.1) is 17.1 Å². The summed E-state index contributed by atoms with van der Waals surface area (Å²) in [6.45, 7) is 6.13. The maximum Gasteiger partial charge on any atom is 0.356 e. The van der Waals surface area contributed by atoms with Gasteiger partial charge in [0.2, 0.25) is 0 Å². The Morgan fingerprint density at radius 2 is 1.59 bits per heavy atom. The molecule has 0 aromatic heterocycles. The van der Waals surface area contributed by atoms with Gasteiger partial charge in [-0.1, -0.05) is 12.1 Å². The summed E-state index contributed by atoms with van der Waals surface area (Å²) in [5.41, 5.74) is -1.22. The topological polar surface area (TPSA) is 93.5 Å². The molecule has 2 aliphatic rings. The average Bonchev–Trinajstić information content (AvgIpc) is 2.85. The van der Waals surface area contributed by atoms with E-state index in [0.717, 1.165) is 4.90 Å². The largest absolute Gasteiger partial charge is 0.356 e. The van der Waals surface area contributed by atoms with Gasteiger partial charge in [-0.05, 0) is 58.0 Å². The number of hydroxylamine groups is 2. The van der Waals surface area contributed by atoms with E-state index in [2.05, 4.69) is 4.99 Å². The monoisotopic (exact) mass is 438 g/mol. The number of amides is 4. The Bertz CT molecular complexity index is 1200. The number of carbonyl (C=O) groups excluding carboxylic acids is 3. The Morgan fingerprint density at radius 3 is 2.19 bits per heavy atom. The zero-order chi connectivity index (χ0) is 23.6. The van der Waals surface area contributed by atoms with Gasteiger partial charge in [-0.15, -0.1) is 0 Å². The van der Waals surface area contributed by atoms with Crippen molar-refractivity contribution < 1.29 is 24.0 Å². The van der Waals surface area contributed by atoms with E-state index in [-0.39, 0.29) is 22.9 Å². The van der Waals surface area contributed by atoms with Gasteiger partial charge in [0, 0.05) is 18.2 Å². The van der Waals surface area contributed by atoms with Gasteiger partial charge in [-0.25, -0.2) is 14.1 Å². The SMILES string of the molecule is CN1C(=O)C(C)(C)N=C(c2ccccc2F)c2cc(N3C(=O)N(O)C(C)(C)C3=O)ccc21. The molecule has 4 rings (SSSR count). The summed E-state index contributed by atoms with van der Waals surface area (Å²) in [6, 6.07) is 9.76. The first-order valence-electron chi connectivity index (χ1n) is 10.0. The Labute approximate surface area is 184 Å². The Balaban J connectivity index is 1.97. The molecule has 166 valence electrons. The molecule has 0 atom stereocenters. The van der Waals surface area contributed by atoms with Crippen LogP contribution in [0.25, 0.3) is 0 Å². The molecule has 0 radical (unpaired) electrons. The smallest absolute Gasteiger partial charge is 0.313 e. The summed E-state index contributed by atoms with van der Waals surface area (Å²) in [7, 11) is 1.59. The molecule has 0 aliphatic carbocycles. The number of fused-ring (bicyclic) bond motifs is 1. The molecule has 1 saturated heterocycles. The number of urea groups is 1. The molecular formula is C23H23FN4O4. The highest BCUT2D eigenvalue weighted by Gasteiger charge is 2.52. The van der Waals surface area contributed by atoms with Gasteiger partial charge in [-0.2, -0.15) is 5.06 Å². The number of hydrogen-bond donors (Lipinski definition) is 1. The fourth-order valence-electron chi connectivity index (χ4n) is 3.92. The molecule has 2 aliphatic heterocycles. The van der Waals surface area contributed by atoms with Crippen molar-refractivity contribution >= 4 is 34.9 Å². The number of likely N-dealkylation sites (N-methyl/N-ethyl adjacent to an activating group) is 1. The number of imide groups is 1. The Kier molecular flexibility index (Phi) is 4.71. The van der Waals surface area contributed by atoms with Crippen molar-refractivity contribution in [3.8, 4) is 0 Å². The lowest BCUT2D eigenvalue weighted by Gasteiger charge is -2.24. The van der Waals surface area contributed by atoms with Crippen molar-refractivity contribution in [1.82, 2.24) is 5.06 Å². The average molecular weight is 438 g/mol. The number of benzene rings is 2. The minimum Gasteiger partial charge on any atom is -0.313 e. The summed E-state index contributed by atoms with van der Waals surface area (Å²) in [5.74, 6) is -1.44. The second-order valence-corrected chi connectivity index (χ2v) is 8.86. The standard InChI is InChI=1S/C23H23FN4O4/c1-22(2)19(29)26(5)17-11-10-13(27-20(30)23(3,4)28(32)21(27)31)12-15(17)18(25-22)14-8-6-7-9-16(14)24/h6-12,32H,1-5H3. The van der Waals surface area contributed by atoms with Gasteiger partial charge in [0.15, 0.2) is 0 Å². The zero-order valence-corrected chi connectivity index (χ0v) is 18.4. The highest BCUT2D eigenvalue weighted by atomic mass is 19.1. The molecule has 2 aromatic carbocycles. The number of halogens is 1. The number of rotatable bonds is 2. The van der Waals surface area contributed by atoms with E-state index in [0.29, 0.717) is 16.3 Å². The normalized spacial score (nSPS) is 19.8. The second-order valence-electron chi connectivity index (χ2n) is 8.86. The zero-order valence-electron chi connectivity index (χ0n) is 18.4. The summed E-state index contributed by atoms with van der Waals surface area (Å²) in [6.07, 6.45) is 0. The van der Waals surface area contributed by atoms with Crippen LogP contribution in [-0.4, -0.2) is 52.0 Å². The molecule has 32 heavy (non-hydrogen) atoms. The van der Waals surface area contributed by atoms with E-state index in [4.69, 9.17) is 0 Å². The van der Waals surface area contributed by atoms with Crippen LogP contribution >= 0.6 is 0 Å². The van der Waals surface area contributed by atoms with Gasteiger partial charge in [0.1, 0.15) is 16.9 Å². The van der Waals surface area contributed by atoms with Gasteiger partial charge >= 0.3 is 6.03 Å². The van der Waals surface area contributed by atoms with Crippen molar-refractivity contribution in [3.63, 3.8) is 0 Å². The summed E-state index contributed by atoms with van der Waals surface area (Å²) in [4.78, 5) is 45.4. The predicted octanol–water partition coefficient (Wildman–Crippen LogP) is 3.35. The van der Waals surface area contributed by atoms with E-state index < -0.39 is 28.8 Å². The maximum absolute atomic E-state index is 14.8. The minimum absolute atomic E-state index is 0.174. The summed E-state index contributed by atoms with van der Waals surface area (Å²) >= 11 is 0. The lowest BCUT2D eigenvalue weighted by molar-refractivity contribution is -0.139. The Morgan fingerprint density at radius 1 is 0.938 bits per heavy atom. The van der Waals surface area contributed by atoms with Crippen molar-refractivity contribution in [1.29, 1.82) is 0 Å². The molecule has 0 saturated carbocycles. The van der Waals surface area contributed by atoms with Crippen molar-refractivity contribution in [2.45, 2.75) is 38.8 Å². The molecule has 1 fully saturated rings. The van der Waals surface area contributed by atoms with Crippen LogP contribution in [-0.2, 0) is 9.59 Å². The number of benzodiazepines with no additional fused rings is 1. The molecule has 9 heteroatoms. The summed E-state index contributed by atoms with van der Waals surface area (Å²) < 4.78 is 14.8. The number of nitrogens with zero attached hydrogens (tertiary/aromatic N) is 4. The first-order chi connectivity index (χ1) is 14.9. The fourth-order valence-corrected chi connectivity index (χ4v) is 3.92. The molecule has 4 amide bonds. The molecule has 2 heterocycles. The van der Waals surface area contributed by atoms with E-state index in [1.807, 2.05) is 0 Å². The van der Waals surface area contributed by atoms with Crippen LogP contribution < -0.4 is 9.80 Å². The molecular weight excluding hydrogens is 415 g/mol. The van der Waals surface area contributed by atoms with Crippen LogP contribution in [0.4, 0.5) is 20.6 Å². The first-order valence-corrected chi connectivity index (χ1v) is 10.0. The maximum atomic E-state index is 14.8. The second kappa shape index (κ2) is 6.96. The van der Waals surface area contributed by atoms with E-state index >= 15 is 0 Å². The van der Waals surface area contributed by atoms with E-state index in [1.165, 1.54) is 36.9 Å². The van der Waals surface area contributed by atoms with Crippen LogP contribution in [0.5, 0.6) is 0 Å². The molecule has 0 bridgehead atoms. The van der Waals surface area contributed by atoms with Gasteiger partial charge in [-0.3, -0.25) is 19.8 Å². The molecule has 1 N–H and O–H groups in total. The lowest BCUT2D eigenvalue weighted by Crippen LogP contribution is -2.42. The first kappa shape index (κ1) is 21.6. The van der Waals surface area contributed by atoms with Crippen LogP contribution in [0.15, 0.2) is 47.5 Å². The van der Waals surface area contributed by atoms with Gasteiger partial charge in [0.25, 0.3) is 11.8 Å². The molecule has 0 unspecified atom stereocenters. The quantitative estimate of drug-likeness (QED) is 0.575. The van der Waals surface area contributed by atoms with Crippen molar-refractivity contribution in [2.75, 3.05) is 16.8 Å². The van der Waals surface area contributed by atoms with Crippen LogP contribution in [0, 0.1) is 5.82 Å². The molecule has 2 aromatic rings. The predicted molar refractivity (Wildman–Crippen MR) is 117 cm³/mol. The molecule has 8 nitrogen and oxygen atoms in total. The number of carbonyl (C=O) groups is 3. The molecule has 0 spiro atoms. The third-order valence-electron chi connectivity index (χ3n) is 5.83. The number of aliphatic imine (C=N–C) groups is 1. The Hall–Kier alpha value is -3.59. The van der Waals surface area contributed by atoms with Crippen LogP contribution in [0.3, 0.4) is 0 Å². The highest BCUT2D eigenvalue weighted by molar-refractivity contribution is 6.25. The van der Waals surface area contributed by atoms with Crippen molar-refractivity contribution in [3.05, 3.63) is 59.4 Å². The minimum atomic E-state index is -1.44.